The molecule has 19 heavy (non-hydrogen) atoms. The van der Waals surface area contributed by atoms with E-state index in [9.17, 15) is 9.59 Å². The minimum absolute atomic E-state index is 0.0835. The Labute approximate surface area is 121 Å². The summed E-state index contributed by atoms with van der Waals surface area (Å²) in [5, 5.41) is 2.90. The lowest BCUT2D eigenvalue weighted by Gasteiger charge is -2.19. The van der Waals surface area contributed by atoms with Gasteiger partial charge in [0.05, 0.1) is 6.42 Å². The molecular weight excluding hydrogens is 262 g/mol. The summed E-state index contributed by atoms with van der Waals surface area (Å²) >= 11 is 1.86. The molecular formula is C14H27NO3S. The molecule has 0 rings (SSSR count). The molecule has 4 nitrogen and oxygen atoms in total. The molecule has 0 radical (unpaired) electrons. The number of esters is 1. The van der Waals surface area contributed by atoms with Crippen molar-refractivity contribution in [2.75, 3.05) is 11.5 Å². The van der Waals surface area contributed by atoms with Gasteiger partial charge in [-0.25, -0.2) is 0 Å². The fraction of sp³-hybridized carbons (Fsp3) is 0.857. The minimum Gasteiger partial charge on any atom is -0.460 e. The van der Waals surface area contributed by atoms with Gasteiger partial charge in [-0.1, -0.05) is 6.92 Å². The van der Waals surface area contributed by atoms with Gasteiger partial charge in [0.15, 0.2) is 0 Å². The second-order valence-electron chi connectivity index (χ2n) is 5.54. The van der Waals surface area contributed by atoms with Gasteiger partial charge in [0.1, 0.15) is 5.60 Å². The standard InChI is InChI=1S/C14H27NO3S/c1-6-19-10-9-11(2)15-12(16)7-8-13(17)18-14(3,4)5/h11H,6-10H2,1-5H3,(H,15,16). The van der Waals surface area contributed by atoms with Crippen LogP contribution in [0.5, 0.6) is 0 Å². The Morgan fingerprint density at radius 1 is 1.26 bits per heavy atom. The van der Waals surface area contributed by atoms with Gasteiger partial charge in [-0.2, -0.15) is 11.8 Å². The number of ether oxygens (including phenoxy) is 1. The highest BCUT2D eigenvalue weighted by atomic mass is 32.2. The summed E-state index contributed by atoms with van der Waals surface area (Å²) < 4.78 is 5.15. The SMILES string of the molecule is CCSCCC(C)NC(=O)CCC(=O)OC(C)(C)C. The second-order valence-corrected chi connectivity index (χ2v) is 6.93. The Morgan fingerprint density at radius 3 is 2.42 bits per heavy atom. The molecule has 0 aliphatic rings. The predicted octanol–water partition coefficient (Wildman–Crippen LogP) is 2.76. The van der Waals surface area contributed by atoms with E-state index in [1.54, 1.807) is 0 Å². The molecule has 5 heteroatoms. The van der Waals surface area contributed by atoms with Crippen molar-refractivity contribution in [2.24, 2.45) is 0 Å². The van der Waals surface area contributed by atoms with Crippen molar-refractivity contribution in [2.45, 2.75) is 65.5 Å². The highest BCUT2D eigenvalue weighted by Gasteiger charge is 2.17. The maximum absolute atomic E-state index is 11.6. The molecule has 0 spiro atoms. The zero-order valence-corrected chi connectivity index (χ0v) is 13.6. The van der Waals surface area contributed by atoms with E-state index < -0.39 is 5.60 Å². The van der Waals surface area contributed by atoms with Crippen molar-refractivity contribution in [1.29, 1.82) is 0 Å². The lowest BCUT2D eigenvalue weighted by molar-refractivity contribution is -0.155. The molecule has 0 aromatic rings. The fourth-order valence-electron chi connectivity index (χ4n) is 1.43. The molecule has 0 fully saturated rings. The third-order valence-corrected chi connectivity index (χ3v) is 3.22. The number of carbonyl (C=O) groups excluding carboxylic acids is 2. The summed E-state index contributed by atoms with van der Waals surface area (Å²) in [6, 6.07) is 0.158. The van der Waals surface area contributed by atoms with Crippen LogP contribution < -0.4 is 5.32 Å². The van der Waals surface area contributed by atoms with Crippen LogP contribution in [0.3, 0.4) is 0 Å². The van der Waals surface area contributed by atoms with Gasteiger partial charge in [0.2, 0.25) is 5.91 Å². The van der Waals surface area contributed by atoms with E-state index in [0.717, 1.165) is 17.9 Å². The van der Waals surface area contributed by atoms with Gasteiger partial charge in [0, 0.05) is 12.5 Å². The van der Waals surface area contributed by atoms with Crippen LogP contribution in [-0.4, -0.2) is 35.0 Å². The third kappa shape index (κ3) is 12.1. The van der Waals surface area contributed by atoms with E-state index in [4.69, 9.17) is 4.74 Å². The van der Waals surface area contributed by atoms with E-state index in [1.165, 1.54) is 0 Å². The number of carbonyl (C=O) groups is 2. The maximum atomic E-state index is 11.6. The Balaban J connectivity index is 3.77. The van der Waals surface area contributed by atoms with E-state index >= 15 is 0 Å². The first kappa shape index (κ1) is 18.3. The number of rotatable bonds is 8. The molecule has 0 heterocycles. The number of hydrogen-bond acceptors (Lipinski definition) is 4. The molecule has 0 saturated carbocycles. The summed E-state index contributed by atoms with van der Waals surface area (Å²) in [4.78, 5) is 23.1. The molecule has 0 aromatic heterocycles. The molecule has 1 unspecified atom stereocenters. The quantitative estimate of drug-likeness (QED) is 0.551. The van der Waals surface area contributed by atoms with Crippen molar-refractivity contribution in [3.63, 3.8) is 0 Å². The van der Waals surface area contributed by atoms with E-state index in [1.807, 2.05) is 39.5 Å². The first-order chi connectivity index (χ1) is 8.74. The van der Waals surface area contributed by atoms with Crippen LogP contribution in [0.25, 0.3) is 0 Å². The van der Waals surface area contributed by atoms with Gasteiger partial charge in [-0.05, 0) is 45.6 Å². The average molecular weight is 289 g/mol. The van der Waals surface area contributed by atoms with Crippen LogP contribution >= 0.6 is 11.8 Å². The highest BCUT2D eigenvalue weighted by Crippen LogP contribution is 2.09. The van der Waals surface area contributed by atoms with Crippen LogP contribution in [0, 0.1) is 0 Å². The predicted molar refractivity (Wildman–Crippen MR) is 80.3 cm³/mol. The van der Waals surface area contributed by atoms with E-state index in [0.29, 0.717) is 0 Å². The van der Waals surface area contributed by atoms with E-state index in [-0.39, 0.29) is 30.8 Å². The molecule has 0 aliphatic carbocycles. The van der Waals surface area contributed by atoms with Crippen LogP contribution in [0.4, 0.5) is 0 Å². The van der Waals surface area contributed by atoms with Crippen LogP contribution in [-0.2, 0) is 14.3 Å². The number of hydrogen-bond donors (Lipinski definition) is 1. The van der Waals surface area contributed by atoms with Crippen LogP contribution in [0.1, 0.15) is 53.9 Å². The molecule has 0 aliphatic heterocycles. The number of nitrogens with one attached hydrogen (secondary N) is 1. The average Bonchev–Trinajstić information content (AvgIpc) is 2.24. The summed E-state index contributed by atoms with van der Waals surface area (Å²) in [7, 11) is 0. The largest absolute Gasteiger partial charge is 0.460 e. The summed E-state index contributed by atoms with van der Waals surface area (Å²) in [5.41, 5.74) is -0.488. The van der Waals surface area contributed by atoms with Crippen LogP contribution in [0.2, 0.25) is 0 Å². The van der Waals surface area contributed by atoms with Crippen molar-refractivity contribution in [3.05, 3.63) is 0 Å². The first-order valence-corrected chi connectivity index (χ1v) is 7.99. The molecule has 0 saturated heterocycles. The lowest BCUT2D eigenvalue weighted by Crippen LogP contribution is -2.33. The second kappa shape index (κ2) is 9.23. The van der Waals surface area contributed by atoms with Crippen molar-refractivity contribution < 1.29 is 14.3 Å². The smallest absolute Gasteiger partial charge is 0.306 e. The topological polar surface area (TPSA) is 55.4 Å². The summed E-state index contributed by atoms with van der Waals surface area (Å²) in [5.74, 6) is 1.74. The Hall–Kier alpha value is -0.710. The van der Waals surface area contributed by atoms with E-state index in [2.05, 4.69) is 12.2 Å². The minimum atomic E-state index is -0.488. The van der Waals surface area contributed by atoms with Gasteiger partial charge in [-0.15, -0.1) is 0 Å². The fourth-order valence-corrected chi connectivity index (χ4v) is 2.24. The molecule has 1 N–H and O–H groups in total. The van der Waals surface area contributed by atoms with Gasteiger partial charge in [0.25, 0.3) is 0 Å². The van der Waals surface area contributed by atoms with Crippen molar-refractivity contribution >= 4 is 23.6 Å². The van der Waals surface area contributed by atoms with Gasteiger partial charge < -0.3 is 10.1 Å². The molecule has 1 amide bonds. The van der Waals surface area contributed by atoms with Crippen molar-refractivity contribution in [3.8, 4) is 0 Å². The van der Waals surface area contributed by atoms with Crippen molar-refractivity contribution in [1.82, 2.24) is 5.32 Å². The zero-order chi connectivity index (χ0) is 14.9. The number of thioether (sulfide) groups is 1. The lowest BCUT2D eigenvalue weighted by atomic mass is 10.2. The third-order valence-electron chi connectivity index (χ3n) is 2.28. The molecule has 1 atom stereocenters. The van der Waals surface area contributed by atoms with Crippen LogP contribution in [0.15, 0.2) is 0 Å². The Bertz CT molecular complexity index is 287. The van der Waals surface area contributed by atoms with Gasteiger partial charge in [-0.3, -0.25) is 9.59 Å². The normalized spacial score (nSPS) is 12.9. The Kier molecular flexibility index (Phi) is 8.89. The number of amides is 1. The monoisotopic (exact) mass is 289 g/mol. The first-order valence-electron chi connectivity index (χ1n) is 6.83. The highest BCUT2D eigenvalue weighted by molar-refractivity contribution is 7.99. The maximum Gasteiger partial charge on any atom is 0.306 e. The molecule has 0 aromatic carbocycles. The van der Waals surface area contributed by atoms with Gasteiger partial charge >= 0.3 is 5.97 Å². The molecule has 0 bridgehead atoms. The zero-order valence-electron chi connectivity index (χ0n) is 12.7. The molecule has 112 valence electrons. The summed E-state index contributed by atoms with van der Waals surface area (Å²) in [6.07, 6.45) is 1.29. The summed E-state index contributed by atoms with van der Waals surface area (Å²) in [6.45, 7) is 9.56. The Morgan fingerprint density at radius 2 is 1.89 bits per heavy atom.